The van der Waals surface area contributed by atoms with E-state index in [2.05, 4.69) is 10.6 Å². The smallest absolute Gasteiger partial charge is 0.332 e. The molecule has 1 aromatic carbocycles. The van der Waals surface area contributed by atoms with Gasteiger partial charge in [0.2, 0.25) is 0 Å². The SMILES string of the molecule is Nc1ccccc1NC(=O)NC1(C(=O)O)CCOC1. The fraction of sp³-hybridized carbons (Fsp3) is 0.333. The Kier molecular flexibility index (Phi) is 3.57. The van der Waals surface area contributed by atoms with E-state index < -0.39 is 17.5 Å². The highest BCUT2D eigenvalue weighted by Crippen LogP contribution is 2.20. The molecule has 2 rings (SSSR count). The van der Waals surface area contributed by atoms with E-state index in [1.165, 1.54) is 0 Å². The first-order chi connectivity index (χ1) is 9.03. The van der Waals surface area contributed by atoms with Crippen LogP contribution in [0.4, 0.5) is 16.2 Å². The molecule has 0 aromatic heterocycles. The lowest BCUT2D eigenvalue weighted by molar-refractivity contribution is -0.144. The van der Waals surface area contributed by atoms with Crippen LogP contribution in [-0.2, 0) is 9.53 Å². The van der Waals surface area contributed by atoms with E-state index >= 15 is 0 Å². The van der Waals surface area contributed by atoms with Gasteiger partial charge >= 0.3 is 12.0 Å². The molecule has 1 aliphatic heterocycles. The zero-order chi connectivity index (χ0) is 13.9. The normalized spacial score (nSPS) is 21.9. The second-order valence-corrected chi connectivity index (χ2v) is 4.36. The summed E-state index contributed by atoms with van der Waals surface area (Å²) < 4.78 is 5.05. The van der Waals surface area contributed by atoms with E-state index in [9.17, 15) is 14.7 Å². The summed E-state index contributed by atoms with van der Waals surface area (Å²) >= 11 is 0. The molecule has 7 heteroatoms. The van der Waals surface area contributed by atoms with Crippen LogP contribution >= 0.6 is 0 Å². The maximum absolute atomic E-state index is 11.8. The fourth-order valence-electron chi connectivity index (χ4n) is 1.87. The van der Waals surface area contributed by atoms with Crippen LogP contribution in [0.2, 0.25) is 0 Å². The van der Waals surface area contributed by atoms with Gasteiger partial charge in [-0.25, -0.2) is 9.59 Å². The number of para-hydroxylation sites is 2. The number of anilines is 2. The predicted molar refractivity (Wildman–Crippen MR) is 68.8 cm³/mol. The van der Waals surface area contributed by atoms with Crippen molar-refractivity contribution in [2.75, 3.05) is 24.3 Å². The Morgan fingerprint density at radius 2 is 2.11 bits per heavy atom. The summed E-state index contributed by atoms with van der Waals surface area (Å²) in [5.41, 5.74) is 5.16. The van der Waals surface area contributed by atoms with E-state index in [-0.39, 0.29) is 13.0 Å². The molecular formula is C12H15N3O4. The molecular weight excluding hydrogens is 250 g/mol. The maximum Gasteiger partial charge on any atom is 0.332 e. The van der Waals surface area contributed by atoms with Crippen LogP contribution in [0.5, 0.6) is 0 Å². The van der Waals surface area contributed by atoms with Crippen molar-refractivity contribution in [3.8, 4) is 0 Å². The number of hydrogen-bond acceptors (Lipinski definition) is 4. The van der Waals surface area contributed by atoms with Gasteiger partial charge in [0.1, 0.15) is 0 Å². The summed E-state index contributed by atoms with van der Waals surface area (Å²) in [6.07, 6.45) is 0.236. The number of nitrogen functional groups attached to an aromatic ring is 1. The summed E-state index contributed by atoms with van der Waals surface area (Å²) in [5, 5.41) is 14.1. The fourth-order valence-corrected chi connectivity index (χ4v) is 1.87. The molecule has 1 saturated heterocycles. The van der Waals surface area contributed by atoms with Gasteiger partial charge in [-0.15, -0.1) is 0 Å². The molecule has 1 atom stereocenters. The largest absolute Gasteiger partial charge is 0.479 e. The van der Waals surface area contributed by atoms with Crippen LogP contribution in [0.3, 0.4) is 0 Å². The average molecular weight is 265 g/mol. The number of amides is 2. The number of aliphatic carboxylic acids is 1. The van der Waals surface area contributed by atoms with Gasteiger partial charge in [-0.1, -0.05) is 12.1 Å². The molecule has 0 saturated carbocycles. The molecule has 5 N–H and O–H groups in total. The maximum atomic E-state index is 11.8. The Bertz CT molecular complexity index is 498. The first-order valence-corrected chi connectivity index (χ1v) is 5.78. The number of nitrogens with two attached hydrogens (primary N) is 1. The van der Waals surface area contributed by atoms with Gasteiger partial charge in [-0.05, 0) is 12.1 Å². The number of hydrogen-bond donors (Lipinski definition) is 4. The number of carbonyl (C=O) groups excluding carboxylic acids is 1. The molecule has 0 spiro atoms. The van der Waals surface area contributed by atoms with E-state index in [0.29, 0.717) is 18.0 Å². The molecule has 1 aliphatic rings. The third kappa shape index (κ3) is 2.76. The molecule has 102 valence electrons. The minimum Gasteiger partial charge on any atom is -0.479 e. The molecule has 2 amide bonds. The van der Waals surface area contributed by atoms with Gasteiger partial charge in [-0.2, -0.15) is 0 Å². The van der Waals surface area contributed by atoms with Crippen LogP contribution in [0, 0.1) is 0 Å². The highest BCUT2D eigenvalue weighted by Gasteiger charge is 2.44. The van der Waals surface area contributed by atoms with E-state index in [1.807, 2.05) is 0 Å². The van der Waals surface area contributed by atoms with E-state index in [0.717, 1.165) is 0 Å². The summed E-state index contributed by atoms with van der Waals surface area (Å²) in [6, 6.07) is 6.11. The quantitative estimate of drug-likeness (QED) is 0.599. The molecule has 1 unspecified atom stereocenters. The van der Waals surface area contributed by atoms with Gasteiger partial charge in [0.25, 0.3) is 0 Å². The summed E-state index contributed by atoms with van der Waals surface area (Å²) in [4.78, 5) is 23.1. The minimum atomic E-state index is -1.37. The second kappa shape index (κ2) is 5.15. The topological polar surface area (TPSA) is 114 Å². The van der Waals surface area contributed by atoms with Gasteiger partial charge < -0.3 is 26.2 Å². The minimum absolute atomic E-state index is 0.0416. The van der Waals surface area contributed by atoms with Crippen molar-refractivity contribution in [1.29, 1.82) is 0 Å². The molecule has 1 fully saturated rings. The van der Waals surface area contributed by atoms with Crippen LogP contribution in [-0.4, -0.2) is 35.9 Å². The predicted octanol–water partition coefficient (Wildman–Crippen LogP) is 0.634. The molecule has 0 radical (unpaired) electrons. The molecule has 7 nitrogen and oxygen atoms in total. The van der Waals surface area contributed by atoms with Crippen molar-refractivity contribution in [2.24, 2.45) is 0 Å². The molecule has 1 aromatic rings. The Balaban J connectivity index is 2.05. The lowest BCUT2D eigenvalue weighted by Crippen LogP contribution is -2.56. The van der Waals surface area contributed by atoms with E-state index in [1.54, 1.807) is 24.3 Å². The summed E-state index contributed by atoms with van der Waals surface area (Å²) in [7, 11) is 0. The van der Waals surface area contributed by atoms with Gasteiger partial charge in [0.05, 0.1) is 18.0 Å². The molecule has 0 bridgehead atoms. The zero-order valence-corrected chi connectivity index (χ0v) is 10.2. The Morgan fingerprint density at radius 3 is 2.68 bits per heavy atom. The first kappa shape index (κ1) is 13.2. The number of rotatable bonds is 3. The van der Waals surface area contributed by atoms with Gasteiger partial charge in [-0.3, -0.25) is 0 Å². The van der Waals surface area contributed by atoms with Crippen molar-refractivity contribution in [2.45, 2.75) is 12.0 Å². The van der Waals surface area contributed by atoms with Crippen molar-refractivity contribution >= 4 is 23.4 Å². The first-order valence-electron chi connectivity index (χ1n) is 5.78. The zero-order valence-electron chi connectivity index (χ0n) is 10.2. The van der Waals surface area contributed by atoms with Crippen molar-refractivity contribution in [3.63, 3.8) is 0 Å². The molecule has 1 heterocycles. The molecule has 0 aliphatic carbocycles. The second-order valence-electron chi connectivity index (χ2n) is 4.36. The van der Waals surface area contributed by atoms with Crippen LogP contribution in [0.25, 0.3) is 0 Å². The average Bonchev–Trinajstić information content (AvgIpc) is 2.82. The van der Waals surface area contributed by atoms with Crippen LogP contribution in [0.1, 0.15) is 6.42 Å². The highest BCUT2D eigenvalue weighted by atomic mass is 16.5. The van der Waals surface area contributed by atoms with Gasteiger partial charge in [0.15, 0.2) is 5.54 Å². The Morgan fingerprint density at radius 1 is 1.37 bits per heavy atom. The Hall–Kier alpha value is -2.28. The lowest BCUT2D eigenvalue weighted by atomic mass is 9.99. The molecule has 19 heavy (non-hydrogen) atoms. The number of carbonyl (C=O) groups is 2. The number of nitrogens with one attached hydrogen (secondary N) is 2. The summed E-state index contributed by atoms with van der Waals surface area (Å²) in [5.74, 6) is -1.11. The van der Waals surface area contributed by atoms with Gasteiger partial charge in [0, 0.05) is 13.0 Å². The number of carboxylic acids is 1. The van der Waals surface area contributed by atoms with Crippen molar-refractivity contribution in [3.05, 3.63) is 24.3 Å². The number of carboxylic acid groups (broad SMARTS) is 1. The summed E-state index contributed by atoms with van der Waals surface area (Å²) in [6.45, 7) is 0.264. The van der Waals surface area contributed by atoms with Crippen LogP contribution < -0.4 is 16.4 Å². The standard InChI is InChI=1S/C12H15N3O4/c13-8-3-1-2-4-9(8)14-11(18)15-12(10(16)17)5-6-19-7-12/h1-4H,5-7,13H2,(H,16,17)(H2,14,15,18). The number of ether oxygens (including phenoxy) is 1. The lowest BCUT2D eigenvalue weighted by Gasteiger charge is -2.23. The number of benzene rings is 1. The highest BCUT2D eigenvalue weighted by molar-refractivity contribution is 5.96. The monoisotopic (exact) mass is 265 g/mol. The van der Waals surface area contributed by atoms with Crippen molar-refractivity contribution < 1.29 is 19.4 Å². The third-order valence-corrected chi connectivity index (χ3v) is 2.99. The number of urea groups is 1. The van der Waals surface area contributed by atoms with Crippen molar-refractivity contribution in [1.82, 2.24) is 5.32 Å². The van der Waals surface area contributed by atoms with Crippen LogP contribution in [0.15, 0.2) is 24.3 Å². The third-order valence-electron chi connectivity index (χ3n) is 2.99. The Labute approximate surface area is 109 Å². The van der Waals surface area contributed by atoms with E-state index in [4.69, 9.17) is 10.5 Å².